The molecule has 0 saturated heterocycles. The Kier molecular flexibility index (Phi) is 6.97. The van der Waals surface area contributed by atoms with E-state index in [0.29, 0.717) is 29.9 Å². The Bertz CT molecular complexity index is 1390. The molecule has 0 aliphatic carbocycles. The van der Waals surface area contributed by atoms with Crippen molar-refractivity contribution in [2.45, 2.75) is 11.3 Å². The summed E-state index contributed by atoms with van der Waals surface area (Å²) in [6, 6.07) is 19.2. The Morgan fingerprint density at radius 1 is 1.06 bits per heavy atom. The van der Waals surface area contributed by atoms with Gasteiger partial charge in [0.15, 0.2) is 0 Å². The lowest BCUT2D eigenvalue weighted by atomic mass is 10.2. The third-order valence-electron chi connectivity index (χ3n) is 5.60. The van der Waals surface area contributed by atoms with Crippen molar-refractivity contribution >= 4 is 39.3 Å². The fourth-order valence-electron chi connectivity index (χ4n) is 3.79. The minimum absolute atomic E-state index is 0.170. The molecule has 0 bridgehead atoms. The highest BCUT2D eigenvalue weighted by Crippen LogP contribution is 2.32. The van der Waals surface area contributed by atoms with Crippen LogP contribution in [0.1, 0.15) is 11.1 Å². The largest absolute Gasteiger partial charge is 0.333 e. The van der Waals surface area contributed by atoms with Crippen LogP contribution in [0.2, 0.25) is 0 Å². The number of para-hydroxylation sites is 1. The van der Waals surface area contributed by atoms with E-state index >= 15 is 0 Å². The maximum Gasteiger partial charge on any atom is 0.264 e. The summed E-state index contributed by atoms with van der Waals surface area (Å²) in [6.45, 7) is 0.186. The number of amides is 2. The Labute approximate surface area is 203 Å². The van der Waals surface area contributed by atoms with E-state index in [4.69, 9.17) is 0 Å². The molecule has 7 nitrogen and oxygen atoms in total. The van der Waals surface area contributed by atoms with E-state index in [-0.39, 0.29) is 11.4 Å². The van der Waals surface area contributed by atoms with Gasteiger partial charge in [0.25, 0.3) is 10.0 Å². The van der Waals surface area contributed by atoms with Gasteiger partial charge in [-0.25, -0.2) is 12.8 Å². The van der Waals surface area contributed by atoms with Crippen molar-refractivity contribution in [3.8, 4) is 0 Å². The van der Waals surface area contributed by atoms with Crippen molar-refractivity contribution in [3.63, 3.8) is 0 Å². The smallest absolute Gasteiger partial charge is 0.264 e. The van der Waals surface area contributed by atoms with Crippen LogP contribution in [0.5, 0.6) is 0 Å². The van der Waals surface area contributed by atoms with Crippen LogP contribution in [0.25, 0.3) is 6.08 Å². The molecule has 4 rings (SSSR count). The van der Waals surface area contributed by atoms with Gasteiger partial charge in [-0.1, -0.05) is 36.4 Å². The van der Waals surface area contributed by atoms with Crippen molar-refractivity contribution in [2.24, 2.45) is 0 Å². The molecule has 3 aromatic carbocycles. The van der Waals surface area contributed by atoms with Gasteiger partial charge in [0.2, 0.25) is 11.8 Å². The Morgan fingerprint density at radius 2 is 1.80 bits per heavy atom. The van der Waals surface area contributed by atoms with Crippen molar-refractivity contribution in [1.29, 1.82) is 0 Å². The average molecular weight is 494 g/mol. The van der Waals surface area contributed by atoms with Gasteiger partial charge in [-0.05, 0) is 60.0 Å². The van der Waals surface area contributed by atoms with Gasteiger partial charge < -0.3 is 10.2 Å². The second-order valence-corrected chi connectivity index (χ2v) is 9.97. The third-order valence-corrected chi connectivity index (χ3v) is 7.42. The molecule has 0 spiro atoms. The molecule has 35 heavy (non-hydrogen) atoms. The molecule has 0 aromatic heterocycles. The number of hydrogen-bond donors (Lipinski definition) is 1. The highest BCUT2D eigenvalue weighted by Gasteiger charge is 2.30. The number of likely N-dealkylation sites (N-methyl/N-ethyl adjacent to an activating group) is 1. The third kappa shape index (κ3) is 5.58. The monoisotopic (exact) mass is 493 g/mol. The predicted octanol–water partition coefficient (Wildman–Crippen LogP) is 3.69. The lowest BCUT2D eigenvalue weighted by Crippen LogP contribution is -2.33. The highest BCUT2D eigenvalue weighted by molar-refractivity contribution is 7.92. The average Bonchev–Trinajstić information content (AvgIpc) is 3.28. The normalized spacial score (nSPS) is 13.0. The zero-order valence-electron chi connectivity index (χ0n) is 19.0. The van der Waals surface area contributed by atoms with Crippen LogP contribution in [0.3, 0.4) is 0 Å². The van der Waals surface area contributed by atoms with Gasteiger partial charge in [-0.2, -0.15) is 0 Å². The summed E-state index contributed by atoms with van der Waals surface area (Å²) in [7, 11) is -2.22. The standard InChI is InChI=1S/C26H24FN3O4S/c1-29(18-25(31)28-22-7-4-6-21(27)17-22)26(32)14-11-19-9-12-23(13-10-19)35(33,34)30-16-15-20-5-2-3-8-24(20)30/h2-14,17H,15-16,18H2,1H3,(H,28,31). The van der Waals surface area contributed by atoms with Gasteiger partial charge in [0, 0.05) is 25.4 Å². The molecule has 9 heteroatoms. The number of rotatable bonds is 7. The number of sulfonamides is 1. The molecule has 1 aliphatic rings. The van der Waals surface area contributed by atoms with Crippen LogP contribution in [0, 0.1) is 5.82 Å². The van der Waals surface area contributed by atoms with Crippen molar-refractivity contribution in [2.75, 3.05) is 29.8 Å². The van der Waals surface area contributed by atoms with E-state index < -0.39 is 27.7 Å². The van der Waals surface area contributed by atoms with Crippen LogP contribution >= 0.6 is 0 Å². The number of halogens is 1. The van der Waals surface area contributed by atoms with E-state index in [1.165, 1.54) is 52.7 Å². The van der Waals surface area contributed by atoms with Crippen LogP contribution in [-0.4, -0.2) is 45.3 Å². The molecule has 1 aliphatic heterocycles. The first-order valence-corrected chi connectivity index (χ1v) is 12.4. The maximum atomic E-state index is 13.2. The van der Waals surface area contributed by atoms with Crippen molar-refractivity contribution in [1.82, 2.24) is 4.90 Å². The Balaban J connectivity index is 1.36. The fourth-order valence-corrected chi connectivity index (χ4v) is 5.29. The first-order chi connectivity index (χ1) is 16.7. The summed E-state index contributed by atoms with van der Waals surface area (Å²) in [5, 5.41) is 2.53. The number of nitrogens with one attached hydrogen (secondary N) is 1. The first kappa shape index (κ1) is 24.2. The van der Waals surface area contributed by atoms with Gasteiger partial charge in [-0.15, -0.1) is 0 Å². The lowest BCUT2D eigenvalue weighted by Gasteiger charge is -2.19. The molecular formula is C26H24FN3O4S. The quantitative estimate of drug-likeness (QED) is 0.509. The first-order valence-electron chi connectivity index (χ1n) is 10.9. The predicted molar refractivity (Wildman–Crippen MR) is 133 cm³/mol. The summed E-state index contributed by atoms with van der Waals surface area (Å²) in [5.41, 5.74) is 2.64. The summed E-state index contributed by atoms with van der Waals surface area (Å²) in [4.78, 5) is 25.9. The molecule has 0 saturated carbocycles. The molecule has 0 radical (unpaired) electrons. The zero-order valence-corrected chi connectivity index (χ0v) is 19.8. The van der Waals surface area contributed by atoms with Crippen molar-refractivity contribution in [3.05, 3.63) is 95.8 Å². The summed E-state index contributed by atoms with van der Waals surface area (Å²) < 4.78 is 40.9. The van der Waals surface area contributed by atoms with Crippen LogP contribution in [0.15, 0.2) is 83.8 Å². The maximum absolute atomic E-state index is 13.2. The zero-order chi connectivity index (χ0) is 25.0. The van der Waals surface area contributed by atoms with Crippen molar-refractivity contribution < 1.29 is 22.4 Å². The Morgan fingerprint density at radius 3 is 2.54 bits per heavy atom. The molecule has 1 N–H and O–H groups in total. The van der Waals surface area contributed by atoms with Gasteiger partial charge in [-0.3, -0.25) is 13.9 Å². The Hall–Kier alpha value is -3.98. The van der Waals surface area contributed by atoms with E-state index in [9.17, 15) is 22.4 Å². The molecular weight excluding hydrogens is 469 g/mol. The number of benzene rings is 3. The number of carbonyl (C=O) groups excluding carboxylic acids is 2. The van der Waals surface area contributed by atoms with E-state index in [1.54, 1.807) is 30.3 Å². The molecule has 0 unspecified atom stereocenters. The molecule has 3 aromatic rings. The lowest BCUT2D eigenvalue weighted by molar-refractivity contribution is -0.129. The minimum Gasteiger partial charge on any atom is -0.333 e. The number of carbonyl (C=O) groups is 2. The van der Waals surface area contributed by atoms with E-state index in [2.05, 4.69) is 5.32 Å². The molecule has 1 heterocycles. The summed E-state index contributed by atoms with van der Waals surface area (Å²) >= 11 is 0. The van der Waals surface area contributed by atoms with E-state index in [0.717, 1.165) is 5.56 Å². The molecule has 2 amide bonds. The second-order valence-electron chi connectivity index (χ2n) is 8.11. The van der Waals surface area contributed by atoms with Crippen LogP contribution < -0.4 is 9.62 Å². The minimum atomic E-state index is -3.69. The topological polar surface area (TPSA) is 86.8 Å². The van der Waals surface area contributed by atoms with Crippen LogP contribution in [-0.2, 0) is 26.0 Å². The number of anilines is 2. The van der Waals surface area contributed by atoms with Gasteiger partial charge in [0.1, 0.15) is 5.82 Å². The summed E-state index contributed by atoms with van der Waals surface area (Å²) in [5.74, 6) is -1.35. The second kappa shape index (κ2) is 10.1. The number of hydrogen-bond acceptors (Lipinski definition) is 4. The van der Waals surface area contributed by atoms with Gasteiger partial charge in [0.05, 0.1) is 17.1 Å². The van der Waals surface area contributed by atoms with E-state index in [1.807, 2.05) is 18.2 Å². The van der Waals surface area contributed by atoms with Gasteiger partial charge >= 0.3 is 0 Å². The molecule has 0 fully saturated rings. The highest BCUT2D eigenvalue weighted by atomic mass is 32.2. The summed E-state index contributed by atoms with van der Waals surface area (Å²) in [6.07, 6.45) is 3.52. The molecule has 180 valence electrons. The SMILES string of the molecule is CN(CC(=O)Nc1cccc(F)c1)C(=O)C=Cc1ccc(S(=O)(=O)N2CCc3ccccc32)cc1. The number of fused-ring (bicyclic) bond motifs is 1. The molecule has 0 atom stereocenters. The fraction of sp³-hybridized carbons (Fsp3) is 0.154. The number of nitrogens with zero attached hydrogens (tertiary/aromatic N) is 2. The van der Waals surface area contributed by atoms with Crippen LogP contribution in [0.4, 0.5) is 15.8 Å².